The van der Waals surface area contributed by atoms with Crippen LogP contribution in [-0.2, 0) is 9.59 Å². The van der Waals surface area contributed by atoms with E-state index in [0.29, 0.717) is 25.7 Å². The summed E-state index contributed by atoms with van der Waals surface area (Å²) >= 11 is 0. The average Bonchev–Trinajstić information content (AvgIpc) is 2.25. The second-order valence-corrected chi connectivity index (χ2v) is 4.17. The molecule has 0 aromatic rings. The van der Waals surface area contributed by atoms with Gasteiger partial charge < -0.3 is 0 Å². The SMILES string of the molecule is CC(=O)CC=CCC(CC=CCC(C)=O)[N+](=O)[O-]. The molecule has 0 N–H and O–H groups in total. The maximum absolute atomic E-state index is 10.8. The zero-order valence-electron chi connectivity index (χ0n) is 10.8. The molecule has 0 rings (SSSR count). The Morgan fingerprint density at radius 3 is 1.67 bits per heavy atom. The van der Waals surface area contributed by atoms with E-state index in [0.717, 1.165) is 0 Å². The van der Waals surface area contributed by atoms with Crippen molar-refractivity contribution >= 4 is 11.6 Å². The van der Waals surface area contributed by atoms with Gasteiger partial charge in [0.25, 0.3) is 0 Å². The number of nitrogens with zero attached hydrogens (tertiary/aromatic N) is 1. The molecule has 0 aliphatic rings. The van der Waals surface area contributed by atoms with Crippen LogP contribution in [-0.4, -0.2) is 22.5 Å². The molecule has 0 aromatic carbocycles. The Morgan fingerprint density at radius 2 is 1.39 bits per heavy atom. The molecule has 0 aliphatic carbocycles. The Labute approximate surface area is 107 Å². The quantitative estimate of drug-likeness (QED) is 0.359. The number of Topliss-reactive ketones (excluding diaryl/α,β-unsaturated/α-hetero) is 2. The first kappa shape index (κ1) is 16.2. The molecule has 18 heavy (non-hydrogen) atoms. The van der Waals surface area contributed by atoms with Crippen molar-refractivity contribution < 1.29 is 14.5 Å². The van der Waals surface area contributed by atoms with E-state index in [2.05, 4.69) is 0 Å². The van der Waals surface area contributed by atoms with E-state index in [1.807, 2.05) is 0 Å². The molecule has 0 amide bonds. The predicted octanol–water partition coefficient (Wildman–Crippen LogP) is 2.48. The summed E-state index contributed by atoms with van der Waals surface area (Å²) in [5.41, 5.74) is 0. The summed E-state index contributed by atoms with van der Waals surface area (Å²) in [6.45, 7) is 2.94. The number of nitro groups is 1. The van der Waals surface area contributed by atoms with Gasteiger partial charge in [0.1, 0.15) is 11.6 Å². The molecule has 5 heteroatoms. The third-order valence-electron chi connectivity index (χ3n) is 2.26. The van der Waals surface area contributed by atoms with Crippen molar-refractivity contribution in [2.45, 2.75) is 45.6 Å². The minimum absolute atomic E-state index is 0.0326. The van der Waals surface area contributed by atoms with Crippen molar-refractivity contribution in [3.05, 3.63) is 34.4 Å². The van der Waals surface area contributed by atoms with Gasteiger partial charge in [-0.25, -0.2) is 0 Å². The smallest absolute Gasteiger partial charge is 0.219 e. The number of carbonyl (C=O) groups is 2. The van der Waals surface area contributed by atoms with E-state index >= 15 is 0 Å². The van der Waals surface area contributed by atoms with Crippen molar-refractivity contribution in [2.24, 2.45) is 0 Å². The van der Waals surface area contributed by atoms with Gasteiger partial charge >= 0.3 is 0 Å². The van der Waals surface area contributed by atoms with Crippen LogP contribution >= 0.6 is 0 Å². The average molecular weight is 253 g/mol. The molecule has 100 valence electrons. The molecule has 0 radical (unpaired) electrons. The molecule has 5 nitrogen and oxygen atoms in total. The summed E-state index contributed by atoms with van der Waals surface area (Å²) < 4.78 is 0. The molecule has 0 aromatic heterocycles. The highest BCUT2D eigenvalue weighted by atomic mass is 16.6. The molecule has 0 atom stereocenters. The topological polar surface area (TPSA) is 77.3 Å². The standard InChI is InChI=1S/C13H19NO4/c1-11(15)7-3-5-9-13(14(17)18)10-6-4-8-12(2)16/h3-6,13H,7-10H2,1-2H3. The molecule has 0 aliphatic heterocycles. The van der Waals surface area contributed by atoms with Gasteiger partial charge in [-0.2, -0.15) is 0 Å². The van der Waals surface area contributed by atoms with Crippen LogP contribution in [0, 0.1) is 10.1 Å². The number of allylic oxidation sites excluding steroid dienone is 2. The van der Waals surface area contributed by atoms with Gasteiger partial charge in [0.05, 0.1) is 0 Å². The van der Waals surface area contributed by atoms with Gasteiger partial charge in [0.15, 0.2) is 0 Å². The van der Waals surface area contributed by atoms with Gasteiger partial charge in [-0.3, -0.25) is 19.7 Å². The molecule has 0 heterocycles. The highest BCUT2D eigenvalue weighted by Crippen LogP contribution is 2.06. The minimum Gasteiger partial charge on any atom is -0.300 e. The largest absolute Gasteiger partial charge is 0.300 e. The molecular formula is C13H19NO4. The van der Waals surface area contributed by atoms with E-state index in [9.17, 15) is 19.7 Å². The molecule has 0 unspecified atom stereocenters. The molecule has 0 saturated carbocycles. The van der Waals surface area contributed by atoms with Crippen LogP contribution < -0.4 is 0 Å². The Balaban J connectivity index is 4.11. The zero-order valence-corrected chi connectivity index (χ0v) is 10.8. The van der Waals surface area contributed by atoms with E-state index in [4.69, 9.17) is 0 Å². The monoisotopic (exact) mass is 253 g/mol. The summed E-state index contributed by atoms with van der Waals surface area (Å²) in [5, 5.41) is 10.8. The maximum Gasteiger partial charge on any atom is 0.219 e. The maximum atomic E-state index is 10.8. The number of rotatable bonds is 9. The molecule has 0 fully saturated rings. The first-order valence-electron chi connectivity index (χ1n) is 5.85. The van der Waals surface area contributed by atoms with Crippen molar-refractivity contribution in [3.63, 3.8) is 0 Å². The van der Waals surface area contributed by atoms with Crippen molar-refractivity contribution in [1.82, 2.24) is 0 Å². The first-order chi connectivity index (χ1) is 8.43. The Hall–Kier alpha value is -1.78. The Bertz CT molecular complexity index is 330. The first-order valence-corrected chi connectivity index (χ1v) is 5.85. The van der Waals surface area contributed by atoms with Crippen LogP contribution in [0.3, 0.4) is 0 Å². The molecule has 0 spiro atoms. The lowest BCUT2D eigenvalue weighted by Crippen LogP contribution is -2.17. The van der Waals surface area contributed by atoms with Crippen LogP contribution in [0.4, 0.5) is 0 Å². The van der Waals surface area contributed by atoms with Crippen LogP contribution in [0.25, 0.3) is 0 Å². The second kappa shape index (κ2) is 9.27. The zero-order chi connectivity index (χ0) is 14.0. The fraction of sp³-hybridized carbons (Fsp3) is 0.538. The van der Waals surface area contributed by atoms with E-state index < -0.39 is 6.04 Å². The third-order valence-corrected chi connectivity index (χ3v) is 2.26. The van der Waals surface area contributed by atoms with E-state index in [1.54, 1.807) is 24.3 Å². The fourth-order valence-electron chi connectivity index (χ4n) is 1.27. The normalized spacial score (nSPS) is 13.0. The van der Waals surface area contributed by atoms with E-state index in [-0.39, 0.29) is 16.5 Å². The predicted molar refractivity (Wildman–Crippen MR) is 68.9 cm³/mol. The Morgan fingerprint density at radius 1 is 1.00 bits per heavy atom. The molecule has 0 saturated heterocycles. The van der Waals surface area contributed by atoms with Crippen molar-refractivity contribution in [2.75, 3.05) is 0 Å². The summed E-state index contributed by atoms with van der Waals surface area (Å²) in [5.74, 6) is 0.0653. The highest BCUT2D eigenvalue weighted by Gasteiger charge is 2.15. The number of hydrogen-bond acceptors (Lipinski definition) is 4. The third kappa shape index (κ3) is 9.45. The lowest BCUT2D eigenvalue weighted by Gasteiger charge is -2.03. The fourth-order valence-corrected chi connectivity index (χ4v) is 1.27. The van der Waals surface area contributed by atoms with Gasteiger partial charge in [-0.05, 0) is 13.8 Å². The number of carbonyl (C=O) groups excluding carboxylic acids is 2. The van der Waals surface area contributed by atoms with Gasteiger partial charge in [0.2, 0.25) is 6.04 Å². The van der Waals surface area contributed by atoms with Crippen LogP contribution in [0.15, 0.2) is 24.3 Å². The summed E-state index contributed by atoms with van der Waals surface area (Å²) in [4.78, 5) is 31.8. The summed E-state index contributed by atoms with van der Waals surface area (Å²) in [7, 11) is 0. The molecule has 0 bridgehead atoms. The summed E-state index contributed by atoms with van der Waals surface area (Å²) in [6.07, 6.45) is 7.84. The van der Waals surface area contributed by atoms with Crippen LogP contribution in [0.1, 0.15) is 39.5 Å². The van der Waals surface area contributed by atoms with Crippen molar-refractivity contribution in [1.29, 1.82) is 0 Å². The second-order valence-electron chi connectivity index (χ2n) is 4.17. The van der Waals surface area contributed by atoms with Crippen LogP contribution in [0.2, 0.25) is 0 Å². The highest BCUT2D eigenvalue weighted by molar-refractivity contribution is 5.77. The van der Waals surface area contributed by atoms with Crippen molar-refractivity contribution in [3.8, 4) is 0 Å². The van der Waals surface area contributed by atoms with Gasteiger partial charge in [0, 0.05) is 30.6 Å². The van der Waals surface area contributed by atoms with E-state index in [1.165, 1.54) is 13.8 Å². The number of ketones is 2. The lowest BCUT2D eigenvalue weighted by atomic mass is 10.1. The van der Waals surface area contributed by atoms with Gasteiger partial charge in [-0.1, -0.05) is 24.3 Å². The van der Waals surface area contributed by atoms with Gasteiger partial charge in [-0.15, -0.1) is 0 Å². The Kier molecular flexibility index (Phi) is 8.35. The minimum atomic E-state index is -0.698. The summed E-state index contributed by atoms with van der Waals surface area (Å²) in [6, 6.07) is -0.698. The molecular weight excluding hydrogens is 234 g/mol. The van der Waals surface area contributed by atoms with Crippen LogP contribution in [0.5, 0.6) is 0 Å². The lowest BCUT2D eigenvalue weighted by molar-refractivity contribution is -0.520. The number of hydrogen-bond donors (Lipinski definition) is 0.